The van der Waals surface area contributed by atoms with Crippen molar-refractivity contribution in [1.82, 2.24) is 0 Å². The van der Waals surface area contributed by atoms with Crippen LogP contribution < -0.4 is 5.73 Å². The Morgan fingerprint density at radius 2 is 1.81 bits per heavy atom. The number of carbonyl (C=O) groups excluding carboxylic acids is 1. The van der Waals surface area contributed by atoms with Gasteiger partial charge in [-0.2, -0.15) is 0 Å². The molecular weight excluding hydrogens is 202 g/mol. The normalized spacial score (nSPS) is 25.5. The first-order valence-corrected chi connectivity index (χ1v) is 5.87. The zero-order valence-corrected chi connectivity index (χ0v) is 10.4. The van der Waals surface area contributed by atoms with Crippen LogP contribution in [0.1, 0.15) is 46.5 Å². The molecule has 0 heterocycles. The van der Waals surface area contributed by atoms with Crippen LogP contribution in [0.2, 0.25) is 0 Å². The Labute approximate surface area is 97.7 Å². The van der Waals surface area contributed by atoms with Gasteiger partial charge in [0.1, 0.15) is 5.60 Å². The van der Waals surface area contributed by atoms with Gasteiger partial charge in [-0.3, -0.25) is 0 Å². The maximum absolute atomic E-state index is 11.3. The van der Waals surface area contributed by atoms with Crippen molar-refractivity contribution in [2.45, 2.75) is 58.1 Å². The number of esters is 1. The molecule has 0 aromatic carbocycles. The van der Waals surface area contributed by atoms with Crippen LogP contribution in [0.3, 0.4) is 0 Å². The Morgan fingerprint density at radius 1 is 1.25 bits per heavy atom. The summed E-state index contributed by atoms with van der Waals surface area (Å²) in [4.78, 5) is 11.3. The van der Waals surface area contributed by atoms with E-state index in [1.54, 1.807) is 0 Å². The zero-order valence-electron chi connectivity index (χ0n) is 10.4. The van der Waals surface area contributed by atoms with Gasteiger partial charge in [0.15, 0.2) is 0 Å². The van der Waals surface area contributed by atoms with Crippen LogP contribution in [0.15, 0.2) is 0 Å². The molecule has 2 N–H and O–H groups in total. The molecule has 0 atom stereocenters. The standard InChI is InChI=1S/C13H21NO2/c1-13(2,3)16-12(15)9-6-10-4-7-11(14)8-5-10/h10-11H,4-5,7-8,14H2,1-3H3. The van der Waals surface area contributed by atoms with Crippen LogP contribution in [0.5, 0.6) is 0 Å². The summed E-state index contributed by atoms with van der Waals surface area (Å²) in [5.41, 5.74) is 5.34. The monoisotopic (exact) mass is 223 g/mol. The summed E-state index contributed by atoms with van der Waals surface area (Å²) in [5.74, 6) is 5.44. The third kappa shape index (κ3) is 5.18. The Morgan fingerprint density at radius 3 is 2.31 bits per heavy atom. The fraction of sp³-hybridized carbons (Fsp3) is 0.769. The second-order valence-electron chi connectivity index (χ2n) is 5.38. The van der Waals surface area contributed by atoms with Gasteiger partial charge in [-0.05, 0) is 46.5 Å². The summed E-state index contributed by atoms with van der Waals surface area (Å²) in [6, 6.07) is 0.319. The van der Waals surface area contributed by atoms with Crippen molar-refractivity contribution in [2.24, 2.45) is 11.7 Å². The van der Waals surface area contributed by atoms with E-state index in [4.69, 9.17) is 10.5 Å². The molecule has 0 unspecified atom stereocenters. The van der Waals surface area contributed by atoms with Crippen LogP contribution in [-0.2, 0) is 9.53 Å². The van der Waals surface area contributed by atoms with Crippen LogP contribution >= 0.6 is 0 Å². The number of hydrogen-bond donors (Lipinski definition) is 1. The van der Waals surface area contributed by atoms with Crippen molar-refractivity contribution in [2.75, 3.05) is 0 Å². The first-order chi connectivity index (χ1) is 7.37. The second-order valence-corrected chi connectivity index (χ2v) is 5.38. The highest BCUT2D eigenvalue weighted by molar-refractivity contribution is 5.88. The molecule has 1 fully saturated rings. The maximum Gasteiger partial charge on any atom is 0.384 e. The number of ether oxygens (including phenoxy) is 1. The molecule has 0 saturated heterocycles. The highest BCUT2D eigenvalue weighted by atomic mass is 16.6. The van der Waals surface area contributed by atoms with Crippen molar-refractivity contribution in [3.63, 3.8) is 0 Å². The predicted molar refractivity (Wildman–Crippen MR) is 63.6 cm³/mol. The Balaban J connectivity index is 2.39. The Hall–Kier alpha value is -1.01. The van der Waals surface area contributed by atoms with Crippen molar-refractivity contribution in [3.8, 4) is 11.8 Å². The van der Waals surface area contributed by atoms with E-state index in [0.717, 1.165) is 25.7 Å². The van der Waals surface area contributed by atoms with Crippen LogP contribution in [0, 0.1) is 17.8 Å². The van der Waals surface area contributed by atoms with E-state index < -0.39 is 11.6 Å². The third-order valence-electron chi connectivity index (χ3n) is 2.55. The molecular formula is C13H21NO2. The van der Waals surface area contributed by atoms with Crippen LogP contribution in [-0.4, -0.2) is 17.6 Å². The molecule has 0 amide bonds. The lowest BCUT2D eigenvalue weighted by molar-refractivity contribution is -0.147. The molecule has 0 aromatic rings. The number of nitrogens with two attached hydrogens (primary N) is 1. The molecule has 0 aromatic heterocycles. The van der Waals surface area contributed by atoms with Gasteiger partial charge in [0.05, 0.1) is 0 Å². The number of hydrogen-bond acceptors (Lipinski definition) is 3. The number of rotatable bonds is 0. The summed E-state index contributed by atoms with van der Waals surface area (Å²) in [5, 5.41) is 0. The predicted octanol–water partition coefficient (Wildman–Crippen LogP) is 1.85. The summed E-state index contributed by atoms with van der Waals surface area (Å²) < 4.78 is 5.11. The third-order valence-corrected chi connectivity index (χ3v) is 2.55. The molecule has 0 aliphatic heterocycles. The Bertz CT molecular complexity index is 298. The van der Waals surface area contributed by atoms with Crippen molar-refractivity contribution >= 4 is 5.97 Å². The quantitative estimate of drug-likeness (QED) is 0.387. The van der Waals surface area contributed by atoms with E-state index in [-0.39, 0.29) is 0 Å². The van der Waals surface area contributed by atoms with E-state index in [2.05, 4.69) is 11.8 Å². The lowest BCUT2D eigenvalue weighted by atomic mass is 9.87. The van der Waals surface area contributed by atoms with Gasteiger partial charge in [0.2, 0.25) is 0 Å². The lowest BCUT2D eigenvalue weighted by Gasteiger charge is -2.22. The van der Waals surface area contributed by atoms with Crippen molar-refractivity contribution in [1.29, 1.82) is 0 Å². The summed E-state index contributed by atoms with van der Waals surface area (Å²) in [6.45, 7) is 5.52. The molecule has 90 valence electrons. The largest absolute Gasteiger partial charge is 0.450 e. The second kappa shape index (κ2) is 5.36. The van der Waals surface area contributed by atoms with Gasteiger partial charge in [-0.1, -0.05) is 5.92 Å². The fourth-order valence-electron chi connectivity index (χ4n) is 1.73. The lowest BCUT2D eigenvalue weighted by Crippen LogP contribution is -2.26. The van der Waals surface area contributed by atoms with Gasteiger partial charge < -0.3 is 10.5 Å². The fourth-order valence-corrected chi connectivity index (χ4v) is 1.73. The van der Waals surface area contributed by atoms with Gasteiger partial charge in [0.25, 0.3) is 0 Å². The summed E-state index contributed by atoms with van der Waals surface area (Å²) in [7, 11) is 0. The molecule has 3 nitrogen and oxygen atoms in total. The zero-order chi connectivity index (χ0) is 12.2. The SMILES string of the molecule is CC(C)(C)OC(=O)C#CC1CCC(N)CC1. The van der Waals surface area contributed by atoms with Crippen molar-refractivity contribution in [3.05, 3.63) is 0 Å². The molecule has 1 aliphatic carbocycles. The molecule has 1 aliphatic rings. The number of carbonyl (C=O) groups is 1. The first kappa shape index (κ1) is 13.1. The van der Waals surface area contributed by atoms with E-state index in [1.807, 2.05) is 20.8 Å². The Kier molecular flexibility index (Phi) is 4.37. The topological polar surface area (TPSA) is 52.3 Å². The molecule has 1 rings (SSSR count). The molecule has 1 saturated carbocycles. The molecule has 3 heteroatoms. The summed E-state index contributed by atoms with van der Waals surface area (Å²) >= 11 is 0. The molecule has 16 heavy (non-hydrogen) atoms. The van der Waals surface area contributed by atoms with Gasteiger partial charge in [0, 0.05) is 17.9 Å². The minimum atomic E-state index is -0.458. The minimum Gasteiger partial charge on any atom is -0.450 e. The highest BCUT2D eigenvalue weighted by Crippen LogP contribution is 2.22. The van der Waals surface area contributed by atoms with Gasteiger partial charge in [-0.25, -0.2) is 4.79 Å². The van der Waals surface area contributed by atoms with Gasteiger partial charge >= 0.3 is 5.97 Å². The van der Waals surface area contributed by atoms with Crippen LogP contribution in [0.4, 0.5) is 0 Å². The maximum atomic E-state index is 11.3. The summed E-state index contributed by atoms with van der Waals surface area (Å²) in [6.07, 6.45) is 4.01. The van der Waals surface area contributed by atoms with Crippen molar-refractivity contribution < 1.29 is 9.53 Å². The van der Waals surface area contributed by atoms with E-state index in [1.165, 1.54) is 0 Å². The first-order valence-electron chi connectivity index (χ1n) is 5.87. The van der Waals surface area contributed by atoms with E-state index in [9.17, 15) is 4.79 Å². The average molecular weight is 223 g/mol. The molecule has 0 spiro atoms. The van der Waals surface area contributed by atoms with E-state index >= 15 is 0 Å². The van der Waals surface area contributed by atoms with Gasteiger partial charge in [-0.15, -0.1) is 0 Å². The highest BCUT2D eigenvalue weighted by Gasteiger charge is 2.17. The minimum absolute atomic E-state index is 0.312. The average Bonchev–Trinajstić information content (AvgIpc) is 2.14. The smallest absolute Gasteiger partial charge is 0.384 e. The molecule has 0 radical (unpaired) electrons. The van der Waals surface area contributed by atoms with Crippen LogP contribution in [0.25, 0.3) is 0 Å². The molecule has 0 bridgehead atoms. The van der Waals surface area contributed by atoms with E-state index in [0.29, 0.717) is 12.0 Å².